The second-order valence-corrected chi connectivity index (χ2v) is 17.6. The summed E-state index contributed by atoms with van der Waals surface area (Å²) in [6, 6.07) is -0.696. The first kappa shape index (κ1) is 55.6. The molecule has 3 atom stereocenters. The van der Waals surface area contributed by atoms with Gasteiger partial charge in [-0.2, -0.15) is 0 Å². The van der Waals surface area contributed by atoms with Gasteiger partial charge in [-0.25, -0.2) is 0 Å². The lowest BCUT2D eigenvalue weighted by atomic mass is 10.0. The quantitative estimate of drug-likeness (QED) is 0.0323. The van der Waals surface area contributed by atoms with Crippen LogP contribution in [0.1, 0.15) is 278 Å². The molecule has 3 unspecified atom stereocenters. The molecule has 0 bridgehead atoms. The lowest BCUT2D eigenvalue weighted by Gasteiger charge is -2.24. The summed E-state index contributed by atoms with van der Waals surface area (Å²) in [5.41, 5.74) is 0. The zero-order chi connectivity index (χ0) is 41.7. The van der Waals surface area contributed by atoms with Gasteiger partial charge in [0.2, 0.25) is 5.91 Å². The van der Waals surface area contributed by atoms with Gasteiger partial charge < -0.3 is 20.3 Å². The fourth-order valence-electron chi connectivity index (χ4n) is 7.96. The lowest BCUT2D eigenvalue weighted by Crippen LogP contribution is -2.46. The number of esters is 1. The summed E-state index contributed by atoms with van der Waals surface area (Å²) in [5.74, 6) is -0.467. The standard InChI is InChI=1S/C51H99NO5/c1-4-7-10-13-16-19-22-24-25-27-28-30-33-36-39-42-47(57-51(56)44-41-38-35-32-29-26-23-20-17-14-11-8-5-2)45-50(55)52-48(46-53)49(54)43-40-37-34-31-21-18-15-12-9-6-3/h24-25,47-49,53-54H,4-23,26-46H2,1-3H3,(H,52,55)/b25-24+. The van der Waals surface area contributed by atoms with Crippen LogP contribution in [0.25, 0.3) is 0 Å². The molecule has 0 aliphatic heterocycles. The largest absolute Gasteiger partial charge is 0.462 e. The molecule has 0 fully saturated rings. The van der Waals surface area contributed by atoms with Crippen molar-refractivity contribution >= 4 is 11.9 Å². The van der Waals surface area contributed by atoms with E-state index in [2.05, 4.69) is 38.2 Å². The van der Waals surface area contributed by atoms with Gasteiger partial charge in [-0.1, -0.05) is 226 Å². The number of hydrogen-bond acceptors (Lipinski definition) is 5. The molecule has 0 saturated carbocycles. The van der Waals surface area contributed by atoms with E-state index in [1.165, 1.54) is 173 Å². The summed E-state index contributed by atoms with van der Waals surface area (Å²) in [7, 11) is 0. The average Bonchev–Trinajstić information content (AvgIpc) is 3.20. The van der Waals surface area contributed by atoms with Crippen molar-refractivity contribution in [3.05, 3.63) is 12.2 Å². The highest BCUT2D eigenvalue weighted by molar-refractivity contribution is 5.77. The molecule has 0 aromatic rings. The van der Waals surface area contributed by atoms with Crippen LogP contribution < -0.4 is 5.32 Å². The molecule has 6 heteroatoms. The normalized spacial score (nSPS) is 13.3. The predicted octanol–water partition coefficient (Wildman–Crippen LogP) is 15.0. The fourth-order valence-corrected chi connectivity index (χ4v) is 7.96. The third-order valence-electron chi connectivity index (χ3n) is 11.8. The van der Waals surface area contributed by atoms with E-state index in [-0.39, 0.29) is 24.9 Å². The third kappa shape index (κ3) is 41.1. The van der Waals surface area contributed by atoms with E-state index in [4.69, 9.17) is 4.74 Å². The van der Waals surface area contributed by atoms with Crippen LogP contribution in [0.5, 0.6) is 0 Å². The molecule has 0 heterocycles. The molecular formula is C51H99NO5. The van der Waals surface area contributed by atoms with Gasteiger partial charge in [0.05, 0.1) is 25.2 Å². The highest BCUT2D eigenvalue weighted by Gasteiger charge is 2.24. The highest BCUT2D eigenvalue weighted by atomic mass is 16.5. The molecule has 338 valence electrons. The molecule has 1 amide bonds. The zero-order valence-electron chi connectivity index (χ0n) is 38.5. The Hall–Kier alpha value is -1.40. The number of carbonyl (C=O) groups excluding carboxylic acids is 2. The highest BCUT2D eigenvalue weighted by Crippen LogP contribution is 2.18. The van der Waals surface area contributed by atoms with Gasteiger partial charge >= 0.3 is 5.97 Å². The van der Waals surface area contributed by atoms with Crippen LogP contribution in [0, 0.1) is 0 Å². The number of aliphatic hydroxyl groups is 2. The van der Waals surface area contributed by atoms with Crippen molar-refractivity contribution in [3.63, 3.8) is 0 Å². The number of nitrogens with one attached hydrogen (secondary N) is 1. The second kappa shape index (κ2) is 45.7. The first-order chi connectivity index (χ1) is 28.0. The molecule has 3 N–H and O–H groups in total. The van der Waals surface area contributed by atoms with E-state index in [1.807, 2.05) is 0 Å². The summed E-state index contributed by atoms with van der Waals surface area (Å²) in [4.78, 5) is 26.1. The summed E-state index contributed by atoms with van der Waals surface area (Å²) in [6.07, 6.45) is 49.8. The summed E-state index contributed by atoms with van der Waals surface area (Å²) >= 11 is 0. The van der Waals surface area contributed by atoms with Gasteiger partial charge in [0.1, 0.15) is 6.10 Å². The molecular weight excluding hydrogens is 707 g/mol. The molecule has 0 aliphatic rings. The molecule has 0 spiro atoms. The average molecular weight is 806 g/mol. The molecule has 0 aliphatic carbocycles. The van der Waals surface area contributed by atoms with Crippen molar-refractivity contribution in [2.24, 2.45) is 0 Å². The van der Waals surface area contributed by atoms with Crippen molar-refractivity contribution in [3.8, 4) is 0 Å². The SMILES string of the molecule is CCCCCCCC/C=C/CCCCCCCC(CC(=O)NC(CO)C(O)CCCCCCCCCCCC)OC(=O)CCCCCCCCCCCCCCC. The van der Waals surface area contributed by atoms with Crippen molar-refractivity contribution in [2.75, 3.05) is 6.61 Å². The van der Waals surface area contributed by atoms with Crippen LogP contribution in [-0.2, 0) is 14.3 Å². The van der Waals surface area contributed by atoms with Gasteiger partial charge in [0.15, 0.2) is 0 Å². The molecule has 57 heavy (non-hydrogen) atoms. The van der Waals surface area contributed by atoms with E-state index in [1.54, 1.807) is 0 Å². The van der Waals surface area contributed by atoms with Gasteiger partial charge in [0, 0.05) is 6.42 Å². The third-order valence-corrected chi connectivity index (χ3v) is 11.8. The Balaban J connectivity index is 4.57. The number of unbranched alkanes of at least 4 members (excludes halogenated alkanes) is 32. The van der Waals surface area contributed by atoms with Crippen LogP contribution in [0.2, 0.25) is 0 Å². The van der Waals surface area contributed by atoms with E-state index in [0.29, 0.717) is 19.3 Å². The van der Waals surface area contributed by atoms with Gasteiger partial charge in [-0.15, -0.1) is 0 Å². The number of allylic oxidation sites excluding steroid dienone is 2. The first-order valence-electron chi connectivity index (χ1n) is 25.4. The van der Waals surface area contributed by atoms with Crippen molar-refractivity contribution in [2.45, 2.75) is 296 Å². The molecule has 0 saturated heterocycles. The van der Waals surface area contributed by atoms with Gasteiger partial charge in [0.25, 0.3) is 0 Å². The Morgan fingerprint density at radius 2 is 0.842 bits per heavy atom. The smallest absolute Gasteiger partial charge is 0.306 e. The minimum Gasteiger partial charge on any atom is -0.462 e. The Morgan fingerprint density at radius 1 is 0.491 bits per heavy atom. The van der Waals surface area contributed by atoms with Crippen molar-refractivity contribution in [1.82, 2.24) is 5.32 Å². The second-order valence-electron chi connectivity index (χ2n) is 17.6. The minimum atomic E-state index is -0.782. The van der Waals surface area contributed by atoms with Gasteiger partial charge in [-0.05, 0) is 51.4 Å². The van der Waals surface area contributed by atoms with Crippen LogP contribution >= 0.6 is 0 Å². The Labute approximate surface area is 355 Å². The maximum Gasteiger partial charge on any atom is 0.306 e. The van der Waals surface area contributed by atoms with Crippen LogP contribution in [-0.4, -0.2) is 46.9 Å². The van der Waals surface area contributed by atoms with Gasteiger partial charge in [-0.3, -0.25) is 9.59 Å². The van der Waals surface area contributed by atoms with E-state index >= 15 is 0 Å². The maximum absolute atomic E-state index is 13.2. The predicted molar refractivity (Wildman–Crippen MR) is 246 cm³/mol. The number of carbonyl (C=O) groups is 2. The molecule has 0 aromatic carbocycles. The molecule has 0 rings (SSSR count). The number of amides is 1. The minimum absolute atomic E-state index is 0.0786. The molecule has 6 nitrogen and oxygen atoms in total. The molecule has 0 aromatic heterocycles. The molecule has 0 radical (unpaired) electrons. The van der Waals surface area contributed by atoms with Crippen molar-refractivity contribution < 1.29 is 24.5 Å². The summed E-state index contributed by atoms with van der Waals surface area (Å²) in [6.45, 7) is 6.48. The monoisotopic (exact) mass is 806 g/mol. The van der Waals surface area contributed by atoms with Crippen LogP contribution in [0.3, 0.4) is 0 Å². The topological polar surface area (TPSA) is 95.9 Å². The Morgan fingerprint density at radius 3 is 1.25 bits per heavy atom. The van der Waals surface area contributed by atoms with Crippen LogP contribution in [0.4, 0.5) is 0 Å². The fraction of sp³-hybridized carbons (Fsp3) is 0.922. The van der Waals surface area contributed by atoms with Crippen LogP contribution in [0.15, 0.2) is 12.2 Å². The summed E-state index contributed by atoms with van der Waals surface area (Å²) < 4.78 is 5.93. The van der Waals surface area contributed by atoms with E-state index in [9.17, 15) is 19.8 Å². The first-order valence-corrected chi connectivity index (χ1v) is 25.4. The lowest BCUT2D eigenvalue weighted by molar-refractivity contribution is -0.151. The Bertz CT molecular complexity index is 863. The zero-order valence-corrected chi connectivity index (χ0v) is 38.5. The van der Waals surface area contributed by atoms with E-state index in [0.717, 1.165) is 57.8 Å². The summed E-state index contributed by atoms with van der Waals surface area (Å²) in [5, 5.41) is 23.7. The van der Waals surface area contributed by atoms with E-state index < -0.39 is 18.2 Å². The number of ether oxygens (including phenoxy) is 1. The number of aliphatic hydroxyl groups excluding tert-OH is 2. The van der Waals surface area contributed by atoms with Crippen molar-refractivity contribution in [1.29, 1.82) is 0 Å². The number of rotatable bonds is 46. The Kier molecular flexibility index (Phi) is 44.6. The maximum atomic E-state index is 13.2. The number of hydrogen-bond donors (Lipinski definition) is 3.